The highest BCUT2D eigenvalue weighted by Gasteiger charge is 2.41. The fraction of sp³-hybridized carbons (Fsp3) is 0.379. The highest BCUT2D eigenvalue weighted by molar-refractivity contribution is 6.00. The van der Waals surface area contributed by atoms with Crippen LogP contribution in [0.2, 0.25) is 0 Å². The van der Waals surface area contributed by atoms with Gasteiger partial charge in [0.15, 0.2) is 0 Å². The largest absolute Gasteiger partial charge is 0.340 e. The van der Waals surface area contributed by atoms with Gasteiger partial charge in [-0.2, -0.15) is 0 Å². The molecule has 0 bridgehead atoms. The number of pyridine rings is 1. The van der Waals surface area contributed by atoms with Crippen LogP contribution < -0.4 is 5.32 Å². The predicted molar refractivity (Wildman–Crippen MR) is 137 cm³/mol. The number of aromatic nitrogens is 1. The van der Waals surface area contributed by atoms with E-state index in [1.54, 1.807) is 0 Å². The van der Waals surface area contributed by atoms with Crippen LogP contribution in [-0.4, -0.2) is 34.6 Å². The zero-order chi connectivity index (χ0) is 22.8. The molecule has 4 nitrogen and oxygen atoms in total. The Morgan fingerprint density at radius 1 is 1.12 bits per heavy atom. The monoisotopic (exact) mass is 438 g/mol. The zero-order valence-corrected chi connectivity index (χ0v) is 19.9. The molecule has 3 aliphatic carbocycles. The van der Waals surface area contributed by atoms with E-state index in [2.05, 4.69) is 96.8 Å². The Balaban J connectivity index is 1.56. The molecule has 2 heterocycles. The van der Waals surface area contributed by atoms with Crippen LogP contribution in [0.4, 0.5) is 0 Å². The average Bonchev–Trinajstić information content (AvgIpc) is 2.87. The topological polar surface area (TPSA) is 40.5 Å². The second kappa shape index (κ2) is 9.11. The van der Waals surface area contributed by atoms with Crippen molar-refractivity contribution < 1.29 is 0 Å². The number of allylic oxidation sites excluding steroid dienone is 8. The molecule has 0 amide bonds. The smallest absolute Gasteiger partial charge is 0.137 e. The molecule has 1 aliphatic heterocycles. The molecule has 0 fully saturated rings. The summed E-state index contributed by atoms with van der Waals surface area (Å²) in [5.41, 5.74) is 4.76. The third-order valence-corrected chi connectivity index (χ3v) is 7.37. The summed E-state index contributed by atoms with van der Waals surface area (Å²) < 4.78 is 0. The predicted octanol–water partition coefficient (Wildman–Crippen LogP) is 5.83. The van der Waals surface area contributed by atoms with Crippen LogP contribution in [0.1, 0.15) is 51.0 Å². The SMILES string of the molecule is CC1C(C2=NC(C)(C3=CCCC=C3)NC(C3=CC=CCC3)N2C)=CC=CC1c1cccnc1. The molecule has 4 unspecified atom stereocenters. The van der Waals surface area contributed by atoms with E-state index < -0.39 is 5.66 Å². The third-order valence-electron chi connectivity index (χ3n) is 7.37. The minimum absolute atomic E-state index is 0.111. The first-order chi connectivity index (χ1) is 16.1. The van der Waals surface area contributed by atoms with Crippen molar-refractivity contribution in [3.05, 3.63) is 101 Å². The summed E-state index contributed by atoms with van der Waals surface area (Å²) in [5.74, 6) is 1.68. The van der Waals surface area contributed by atoms with Crippen LogP contribution in [0.25, 0.3) is 0 Å². The van der Waals surface area contributed by atoms with Crippen LogP contribution in [0.3, 0.4) is 0 Å². The lowest BCUT2D eigenvalue weighted by molar-refractivity contribution is 0.242. The molecule has 1 aromatic heterocycles. The molecule has 0 radical (unpaired) electrons. The van der Waals surface area contributed by atoms with Crippen molar-refractivity contribution in [1.29, 1.82) is 0 Å². The van der Waals surface area contributed by atoms with Gasteiger partial charge in [-0.05, 0) is 66.9 Å². The van der Waals surface area contributed by atoms with Crippen molar-refractivity contribution in [2.45, 2.75) is 57.3 Å². The Labute approximate surface area is 197 Å². The number of hydrogen-bond donors (Lipinski definition) is 1. The number of nitrogens with one attached hydrogen (secondary N) is 1. The van der Waals surface area contributed by atoms with E-state index in [4.69, 9.17) is 4.99 Å². The van der Waals surface area contributed by atoms with Crippen molar-refractivity contribution >= 4 is 5.84 Å². The molecule has 0 spiro atoms. The van der Waals surface area contributed by atoms with Crippen LogP contribution >= 0.6 is 0 Å². The summed E-state index contributed by atoms with van der Waals surface area (Å²) in [6.45, 7) is 4.55. The second-order valence-electron chi connectivity index (χ2n) is 9.62. The van der Waals surface area contributed by atoms with Crippen molar-refractivity contribution in [3.8, 4) is 0 Å². The lowest BCUT2D eigenvalue weighted by Crippen LogP contribution is -2.62. The summed E-state index contributed by atoms with van der Waals surface area (Å²) in [5, 5.41) is 3.91. The van der Waals surface area contributed by atoms with Gasteiger partial charge in [0.25, 0.3) is 0 Å². The van der Waals surface area contributed by atoms with Gasteiger partial charge in [0.05, 0.1) is 0 Å². The maximum absolute atomic E-state index is 5.41. The Morgan fingerprint density at radius 2 is 2.03 bits per heavy atom. The minimum Gasteiger partial charge on any atom is -0.340 e. The molecule has 33 heavy (non-hydrogen) atoms. The highest BCUT2D eigenvalue weighted by atomic mass is 15.4. The normalized spacial score (nSPS) is 31.6. The standard InChI is InChI=1S/C29H34N4/c1-21-25(23-14-11-19-30-20-23)17-10-18-26(21)28-32-29(2,24-15-8-5-9-16-24)31-27(33(28)3)22-12-6-4-7-13-22/h4,6,8,10-12,14-21,25,27,31H,5,7,9,13H2,1-3H3. The fourth-order valence-corrected chi connectivity index (χ4v) is 5.43. The van der Waals surface area contributed by atoms with Crippen LogP contribution in [-0.2, 0) is 0 Å². The summed E-state index contributed by atoms with van der Waals surface area (Å²) in [4.78, 5) is 12.1. The van der Waals surface area contributed by atoms with Gasteiger partial charge in [0, 0.05) is 25.4 Å². The summed E-state index contributed by atoms with van der Waals surface area (Å²) in [6.07, 6.45) is 28.7. The Kier molecular flexibility index (Phi) is 6.03. The van der Waals surface area contributed by atoms with E-state index in [-0.39, 0.29) is 6.17 Å². The molecule has 0 aromatic carbocycles. The number of nitrogens with zero attached hydrogens (tertiary/aromatic N) is 3. The van der Waals surface area contributed by atoms with Gasteiger partial charge in [0.1, 0.15) is 17.7 Å². The minimum atomic E-state index is -0.461. The van der Waals surface area contributed by atoms with Gasteiger partial charge < -0.3 is 4.90 Å². The van der Waals surface area contributed by atoms with E-state index >= 15 is 0 Å². The zero-order valence-electron chi connectivity index (χ0n) is 19.9. The molecule has 5 rings (SSSR count). The number of hydrogen-bond acceptors (Lipinski definition) is 4. The quantitative estimate of drug-likeness (QED) is 0.643. The van der Waals surface area contributed by atoms with Crippen molar-refractivity contribution in [3.63, 3.8) is 0 Å². The molecule has 170 valence electrons. The van der Waals surface area contributed by atoms with E-state index in [1.165, 1.54) is 22.3 Å². The van der Waals surface area contributed by atoms with Gasteiger partial charge in [-0.1, -0.05) is 67.7 Å². The van der Waals surface area contributed by atoms with E-state index in [9.17, 15) is 0 Å². The maximum Gasteiger partial charge on any atom is 0.137 e. The molecule has 1 aromatic rings. The molecular formula is C29H34N4. The second-order valence-corrected chi connectivity index (χ2v) is 9.62. The van der Waals surface area contributed by atoms with Crippen molar-refractivity contribution in [2.75, 3.05) is 7.05 Å². The van der Waals surface area contributed by atoms with E-state index in [0.717, 1.165) is 31.5 Å². The van der Waals surface area contributed by atoms with Crippen LogP contribution in [0, 0.1) is 5.92 Å². The number of likely N-dealkylation sites (N-methyl/N-ethyl adjacent to an activating group) is 1. The number of amidine groups is 1. The van der Waals surface area contributed by atoms with Crippen LogP contribution in [0.15, 0.2) is 101 Å². The average molecular weight is 439 g/mol. The van der Waals surface area contributed by atoms with Crippen LogP contribution in [0.5, 0.6) is 0 Å². The first-order valence-electron chi connectivity index (χ1n) is 12.2. The third kappa shape index (κ3) is 4.20. The number of aliphatic imine (C=N–C) groups is 1. The lowest BCUT2D eigenvalue weighted by Gasteiger charge is -2.47. The van der Waals surface area contributed by atoms with Gasteiger partial charge >= 0.3 is 0 Å². The Bertz CT molecular complexity index is 1100. The van der Waals surface area contributed by atoms with E-state index in [0.29, 0.717) is 11.8 Å². The maximum atomic E-state index is 5.41. The van der Waals surface area contributed by atoms with Gasteiger partial charge in [-0.15, -0.1) is 0 Å². The molecule has 4 aliphatic rings. The molecule has 4 atom stereocenters. The molecular weight excluding hydrogens is 404 g/mol. The lowest BCUT2D eigenvalue weighted by atomic mass is 9.78. The Morgan fingerprint density at radius 3 is 2.76 bits per heavy atom. The van der Waals surface area contributed by atoms with E-state index in [1.807, 2.05) is 18.5 Å². The molecule has 0 saturated carbocycles. The van der Waals surface area contributed by atoms with Gasteiger partial charge in [-0.3, -0.25) is 10.3 Å². The number of rotatable bonds is 4. The first-order valence-corrected chi connectivity index (χ1v) is 12.2. The summed E-state index contributed by atoms with van der Waals surface area (Å²) >= 11 is 0. The Hall–Kier alpha value is -2.98. The molecule has 4 heteroatoms. The molecule has 1 N–H and O–H groups in total. The van der Waals surface area contributed by atoms with Gasteiger partial charge in [-0.25, -0.2) is 4.99 Å². The fourth-order valence-electron chi connectivity index (χ4n) is 5.43. The highest BCUT2D eigenvalue weighted by Crippen LogP contribution is 2.39. The molecule has 0 saturated heterocycles. The summed E-state index contributed by atoms with van der Waals surface area (Å²) in [6, 6.07) is 4.21. The van der Waals surface area contributed by atoms with Gasteiger partial charge in [0.2, 0.25) is 0 Å². The van der Waals surface area contributed by atoms with Crippen molar-refractivity contribution in [1.82, 2.24) is 15.2 Å². The first kappa shape index (κ1) is 21.8. The summed E-state index contributed by atoms with van der Waals surface area (Å²) in [7, 11) is 2.19. The van der Waals surface area contributed by atoms with Crippen molar-refractivity contribution in [2.24, 2.45) is 10.9 Å².